The molecule has 1 aromatic heterocycles. The molecule has 2 N–H and O–H groups in total. The molecular weight excluding hydrogens is 240 g/mol. The molecule has 1 aliphatic carbocycles. The van der Waals surface area contributed by atoms with Crippen LogP contribution in [0.2, 0.25) is 0 Å². The Morgan fingerprint density at radius 3 is 2.89 bits per heavy atom. The zero-order valence-electron chi connectivity index (χ0n) is 12.3. The van der Waals surface area contributed by atoms with Crippen LogP contribution in [0.1, 0.15) is 52.3 Å². The standard InChI is InChI=1S/C14H26N4O/c1-10(2)15-9-13-17-18-14(19-13)16-8-12-6-4-5-11(3)7-12/h10-12,15H,4-9H2,1-3H3,(H,16,18). The van der Waals surface area contributed by atoms with Gasteiger partial charge in [-0.1, -0.05) is 38.7 Å². The van der Waals surface area contributed by atoms with Gasteiger partial charge in [0.25, 0.3) is 0 Å². The summed E-state index contributed by atoms with van der Waals surface area (Å²) in [6.45, 7) is 8.12. The van der Waals surface area contributed by atoms with Crippen molar-refractivity contribution in [3.05, 3.63) is 5.89 Å². The number of nitrogens with zero attached hydrogens (tertiary/aromatic N) is 2. The Morgan fingerprint density at radius 2 is 2.16 bits per heavy atom. The number of hydrogen-bond donors (Lipinski definition) is 2. The van der Waals surface area contributed by atoms with Crippen molar-refractivity contribution >= 4 is 6.01 Å². The first-order valence-electron chi connectivity index (χ1n) is 7.43. The van der Waals surface area contributed by atoms with Crippen molar-refractivity contribution in [1.29, 1.82) is 0 Å². The van der Waals surface area contributed by atoms with Gasteiger partial charge < -0.3 is 15.1 Å². The van der Waals surface area contributed by atoms with Gasteiger partial charge in [-0.3, -0.25) is 0 Å². The van der Waals surface area contributed by atoms with Crippen molar-refractivity contribution in [1.82, 2.24) is 15.5 Å². The minimum absolute atomic E-state index is 0.423. The second-order valence-electron chi connectivity index (χ2n) is 6.06. The molecule has 1 aliphatic rings. The molecule has 2 unspecified atom stereocenters. The molecule has 0 bridgehead atoms. The zero-order chi connectivity index (χ0) is 13.7. The minimum atomic E-state index is 0.423. The van der Waals surface area contributed by atoms with Crippen molar-refractivity contribution in [2.45, 2.75) is 59.0 Å². The van der Waals surface area contributed by atoms with E-state index in [0.717, 1.165) is 18.4 Å². The van der Waals surface area contributed by atoms with Gasteiger partial charge in [0, 0.05) is 12.6 Å². The molecule has 0 radical (unpaired) electrons. The number of hydrogen-bond acceptors (Lipinski definition) is 5. The number of anilines is 1. The molecule has 0 amide bonds. The highest BCUT2D eigenvalue weighted by atomic mass is 16.4. The van der Waals surface area contributed by atoms with Crippen LogP contribution in [-0.2, 0) is 6.54 Å². The maximum absolute atomic E-state index is 5.56. The van der Waals surface area contributed by atoms with Crippen LogP contribution in [0.15, 0.2) is 4.42 Å². The van der Waals surface area contributed by atoms with Crippen molar-refractivity contribution in [3.8, 4) is 0 Å². The summed E-state index contributed by atoms with van der Waals surface area (Å²) in [4.78, 5) is 0. The molecule has 19 heavy (non-hydrogen) atoms. The van der Waals surface area contributed by atoms with Gasteiger partial charge in [0.1, 0.15) is 0 Å². The van der Waals surface area contributed by atoms with Crippen LogP contribution >= 0.6 is 0 Å². The molecule has 0 aliphatic heterocycles. The largest absolute Gasteiger partial charge is 0.407 e. The molecule has 1 heterocycles. The predicted octanol–water partition coefficient (Wildman–Crippen LogP) is 2.81. The van der Waals surface area contributed by atoms with E-state index in [1.165, 1.54) is 25.7 Å². The first-order valence-corrected chi connectivity index (χ1v) is 7.43. The van der Waals surface area contributed by atoms with Crippen LogP contribution in [0, 0.1) is 11.8 Å². The van der Waals surface area contributed by atoms with Crippen molar-refractivity contribution < 1.29 is 4.42 Å². The van der Waals surface area contributed by atoms with Crippen molar-refractivity contribution in [2.75, 3.05) is 11.9 Å². The SMILES string of the molecule is CC1CCCC(CNc2nnc(CNC(C)C)o2)C1. The van der Waals surface area contributed by atoms with E-state index in [9.17, 15) is 0 Å². The van der Waals surface area contributed by atoms with Crippen LogP contribution in [0.3, 0.4) is 0 Å². The fourth-order valence-electron chi connectivity index (χ4n) is 2.66. The molecule has 0 saturated heterocycles. The minimum Gasteiger partial charge on any atom is -0.407 e. The second-order valence-corrected chi connectivity index (χ2v) is 6.06. The Hall–Kier alpha value is -1.10. The molecule has 5 heteroatoms. The predicted molar refractivity (Wildman–Crippen MR) is 75.9 cm³/mol. The summed E-state index contributed by atoms with van der Waals surface area (Å²) < 4.78 is 5.56. The van der Waals surface area contributed by atoms with Crippen LogP contribution in [0.5, 0.6) is 0 Å². The summed E-state index contributed by atoms with van der Waals surface area (Å²) in [5, 5.41) is 14.6. The van der Waals surface area contributed by atoms with E-state index >= 15 is 0 Å². The summed E-state index contributed by atoms with van der Waals surface area (Å²) in [5.74, 6) is 2.25. The maximum atomic E-state index is 5.56. The lowest BCUT2D eigenvalue weighted by Gasteiger charge is -2.26. The topological polar surface area (TPSA) is 63.0 Å². The van der Waals surface area contributed by atoms with E-state index in [0.29, 0.717) is 24.5 Å². The molecule has 1 saturated carbocycles. The molecule has 1 fully saturated rings. The molecule has 2 atom stereocenters. The summed E-state index contributed by atoms with van der Waals surface area (Å²) >= 11 is 0. The summed E-state index contributed by atoms with van der Waals surface area (Å²) in [7, 11) is 0. The van der Waals surface area contributed by atoms with E-state index in [2.05, 4.69) is 41.6 Å². The highest BCUT2D eigenvalue weighted by Crippen LogP contribution is 2.28. The van der Waals surface area contributed by atoms with Gasteiger partial charge in [-0.15, -0.1) is 5.10 Å². The van der Waals surface area contributed by atoms with Gasteiger partial charge in [0.05, 0.1) is 6.54 Å². The Balaban J connectivity index is 1.73. The van der Waals surface area contributed by atoms with Crippen LogP contribution in [-0.4, -0.2) is 22.8 Å². The van der Waals surface area contributed by atoms with Gasteiger partial charge in [-0.25, -0.2) is 0 Å². The lowest BCUT2D eigenvalue weighted by Crippen LogP contribution is -2.22. The molecular formula is C14H26N4O. The number of rotatable bonds is 6. The van der Waals surface area contributed by atoms with E-state index in [1.54, 1.807) is 0 Å². The first-order chi connectivity index (χ1) is 9.13. The fourth-order valence-corrected chi connectivity index (χ4v) is 2.66. The van der Waals surface area contributed by atoms with Gasteiger partial charge in [-0.2, -0.15) is 0 Å². The van der Waals surface area contributed by atoms with Gasteiger partial charge in [0.2, 0.25) is 5.89 Å². The Kier molecular flexibility index (Phi) is 5.19. The molecule has 0 aromatic carbocycles. The Labute approximate surface area is 115 Å². The van der Waals surface area contributed by atoms with Gasteiger partial charge >= 0.3 is 6.01 Å². The maximum Gasteiger partial charge on any atom is 0.315 e. The molecule has 0 spiro atoms. The van der Waals surface area contributed by atoms with Crippen molar-refractivity contribution in [2.24, 2.45) is 11.8 Å². The average molecular weight is 266 g/mol. The highest BCUT2D eigenvalue weighted by molar-refractivity contribution is 5.16. The third kappa shape index (κ3) is 4.82. The summed E-state index contributed by atoms with van der Waals surface area (Å²) in [5.41, 5.74) is 0. The Morgan fingerprint density at radius 1 is 1.32 bits per heavy atom. The first kappa shape index (κ1) is 14.3. The third-order valence-corrected chi connectivity index (χ3v) is 3.72. The summed E-state index contributed by atoms with van der Waals surface area (Å²) in [6.07, 6.45) is 5.35. The number of nitrogens with one attached hydrogen (secondary N) is 2. The fraction of sp³-hybridized carbons (Fsp3) is 0.857. The molecule has 5 nitrogen and oxygen atoms in total. The quantitative estimate of drug-likeness (QED) is 0.829. The number of aromatic nitrogens is 2. The van der Waals surface area contributed by atoms with Crippen LogP contribution in [0.4, 0.5) is 6.01 Å². The van der Waals surface area contributed by atoms with E-state index in [1.807, 2.05) is 0 Å². The summed E-state index contributed by atoms with van der Waals surface area (Å²) in [6, 6.07) is 0.978. The van der Waals surface area contributed by atoms with Gasteiger partial charge in [0.15, 0.2) is 0 Å². The lowest BCUT2D eigenvalue weighted by molar-refractivity contribution is 0.292. The van der Waals surface area contributed by atoms with Gasteiger partial charge in [-0.05, 0) is 24.7 Å². The van der Waals surface area contributed by atoms with E-state index in [4.69, 9.17) is 4.42 Å². The smallest absolute Gasteiger partial charge is 0.315 e. The van der Waals surface area contributed by atoms with E-state index < -0.39 is 0 Å². The molecule has 108 valence electrons. The average Bonchev–Trinajstić information content (AvgIpc) is 2.82. The van der Waals surface area contributed by atoms with Crippen LogP contribution < -0.4 is 10.6 Å². The van der Waals surface area contributed by atoms with Crippen LogP contribution in [0.25, 0.3) is 0 Å². The normalized spacial score (nSPS) is 23.8. The third-order valence-electron chi connectivity index (χ3n) is 3.72. The zero-order valence-corrected chi connectivity index (χ0v) is 12.3. The molecule has 1 aromatic rings. The lowest BCUT2D eigenvalue weighted by atomic mass is 9.82. The van der Waals surface area contributed by atoms with E-state index in [-0.39, 0.29) is 0 Å². The molecule has 2 rings (SSSR count). The highest BCUT2D eigenvalue weighted by Gasteiger charge is 2.19. The second kappa shape index (κ2) is 6.89. The monoisotopic (exact) mass is 266 g/mol. The van der Waals surface area contributed by atoms with Crippen molar-refractivity contribution in [3.63, 3.8) is 0 Å². The Bertz CT molecular complexity index is 377.